The second-order valence-corrected chi connectivity index (χ2v) is 5.45. The first-order valence-corrected chi connectivity index (χ1v) is 6.56. The normalized spacial score (nSPS) is 27.1. The molecule has 0 saturated heterocycles. The molecule has 1 saturated carbocycles. The van der Waals surface area contributed by atoms with E-state index in [0.717, 1.165) is 19.4 Å². The Morgan fingerprint density at radius 3 is 2.93 bits per heavy atom. The first-order valence-electron chi connectivity index (χ1n) is 5.68. The quantitative estimate of drug-likeness (QED) is 0.854. The Bertz CT molecular complexity index is 286. The Kier molecular flexibility index (Phi) is 3.78. The fourth-order valence-corrected chi connectivity index (χ4v) is 3.14. The van der Waals surface area contributed by atoms with E-state index in [4.69, 9.17) is 0 Å². The van der Waals surface area contributed by atoms with Gasteiger partial charge in [0.1, 0.15) is 0 Å². The summed E-state index contributed by atoms with van der Waals surface area (Å²) in [4.78, 5) is 3.69. The van der Waals surface area contributed by atoms with Gasteiger partial charge in [0.25, 0.3) is 0 Å². The van der Waals surface area contributed by atoms with Gasteiger partial charge in [-0.1, -0.05) is 18.9 Å². The molecule has 0 aromatic carbocycles. The summed E-state index contributed by atoms with van der Waals surface area (Å²) >= 11 is 1.79. The molecule has 1 heterocycles. The van der Waals surface area contributed by atoms with E-state index in [9.17, 15) is 5.11 Å². The third-order valence-electron chi connectivity index (χ3n) is 3.25. The number of aliphatic hydroxyl groups excluding tert-OH is 1. The molecule has 2 atom stereocenters. The van der Waals surface area contributed by atoms with Crippen molar-refractivity contribution in [1.29, 1.82) is 0 Å². The van der Waals surface area contributed by atoms with Gasteiger partial charge in [0.15, 0.2) is 0 Å². The third-order valence-corrected chi connectivity index (χ3v) is 4.11. The number of aliphatic hydroxyl groups is 1. The zero-order valence-corrected chi connectivity index (χ0v) is 10.0. The van der Waals surface area contributed by atoms with Crippen LogP contribution in [0.15, 0.2) is 17.5 Å². The fraction of sp³-hybridized carbons (Fsp3) is 0.667. The zero-order chi connectivity index (χ0) is 10.7. The minimum absolute atomic E-state index is 0.122. The van der Waals surface area contributed by atoms with Crippen LogP contribution < -0.4 is 0 Å². The molecule has 1 aliphatic rings. The van der Waals surface area contributed by atoms with Gasteiger partial charge < -0.3 is 5.11 Å². The molecule has 0 radical (unpaired) electrons. The number of thiophene rings is 1. The molecule has 0 unspecified atom stereocenters. The van der Waals surface area contributed by atoms with Crippen molar-refractivity contribution in [2.24, 2.45) is 0 Å². The summed E-state index contributed by atoms with van der Waals surface area (Å²) in [6, 6.07) is 4.61. The minimum atomic E-state index is -0.122. The van der Waals surface area contributed by atoms with Crippen LogP contribution in [0.1, 0.15) is 30.6 Å². The van der Waals surface area contributed by atoms with Gasteiger partial charge in [-0.05, 0) is 31.3 Å². The van der Waals surface area contributed by atoms with Crippen molar-refractivity contribution in [3.8, 4) is 0 Å². The Morgan fingerprint density at radius 2 is 2.27 bits per heavy atom. The molecule has 3 heteroatoms. The molecule has 15 heavy (non-hydrogen) atoms. The minimum Gasteiger partial charge on any atom is -0.391 e. The van der Waals surface area contributed by atoms with E-state index in [1.807, 2.05) is 0 Å². The van der Waals surface area contributed by atoms with Gasteiger partial charge >= 0.3 is 0 Å². The number of likely N-dealkylation sites (N-methyl/N-ethyl adjacent to an activating group) is 1. The summed E-state index contributed by atoms with van der Waals surface area (Å²) in [6.07, 6.45) is 4.44. The zero-order valence-electron chi connectivity index (χ0n) is 9.22. The average Bonchev–Trinajstić information content (AvgIpc) is 2.71. The number of hydrogen-bond acceptors (Lipinski definition) is 3. The molecule has 1 fully saturated rings. The molecule has 0 spiro atoms. The molecule has 2 nitrogen and oxygen atoms in total. The predicted molar refractivity (Wildman–Crippen MR) is 64.0 cm³/mol. The van der Waals surface area contributed by atoms with Crippen LogP contribution in [0.4, 0.5) is 0 Å². The summed E-state index contributed by atoms with van der Waals surface area (Å²) in [5.74, 6) is 0. The van der Waals surface area contributed by atoms with Crippen molar-refractivity contribution in [3.63, 3.8) is 0 Å². The Balaban J connectivity index is 1.91. The largest absolute Gasteiger partial charge is 0.391 e. The average molecular weight is 225 g/mol. The van der Waals surface area contributed by atoms with Crippen LogP contribution in [0, 0.1) is 0 Å². The van der Waals surface area contributed by atoms with Gasteiger partial charge in [0.2, 0.25) is 0 Å². The van der Waals surface area contributed by atoms with Crippen LogP contribution >= 0.6 is 11.3 Å². The molecule has 0 amide bonds. The summed E-state index contributed by atoms with van der Waals surface area (Å²) in [5, 5.41) is 12.0. The Morgan fingerprint density at radius 1 is 1.47 bits per heavy atom. The smallest absolute Gasteiger partial charge is 0.0695 e. The lowest BCUT2D eigenvalue weighted by atomic mass is 9.91. The highest BCUT2D eigenvalue weighted by molar-refractivity contribution is 7.09. The molecule has 2 rings (SSSR count). The maximum Gasteiger partial charge on any atom is 0.0695 e. The molecule has 1 aliphatic carbocycles. The van der Waals surface area contributed by atoms with Gasteiger partial charge in [-0.15, -0.1) is 11.3 Å². The van der Waals surface area contributed by atoms with Crippen LogP contribution in [0.25, 0.3) is 0 Å². The topological polar surface area (TPSA) is 23.5 Å². The molecule has 1 aromatic heterocycles. The maximum atomic E-state index is 9.93. The van der Waals surface area contributed by atoms with Crippen molar-refractivity contribution < 1.29 is 5.11 Å². The van der Waals surface area contributed by atoms with Crippen molar-refractivity contribution in [2.45, 2.75) is 44.4 Å². The van der Waals surface area contributed by atoms with Crippen LogP contribution in [0.5, 0.6) is 0 Å². The number of nitrogens with zero attached hydrogens (tertiary/aromatic N) is 1. The first-order chi connectivity index (χ1) is 7.27. The highest BCUT2D eigenvalue weighted by atomic mass is 32.1. The van der Waals surface area contributed by atoms with Crippen LogP contribution in [-0.4, -0.2) is 29.2 Å². The van der Waals surface area contributed by atoms with E-state index in [0.29, 0.717) is 6.04 Å². The Hall–Kier alpha value is -0.380. The van der Waals surface area contributed by atoms with E-state index >= 15 is 0 Å². The van der Waals surface area contributed by atoms with Crippen molar-refractivity contribution in [2.75, 3.05) is 7.05 Å². The van der Waals surface area contributed by atoms with E-state index in [-0.39, 0.29) is 6.10 Å². The lowest BCUT2D eigenvalue weighted by Crippen LogP contribution is -2.42. The van der Waals surface area contributed by atoms with Crippen molar-refractivity contribution in [1.82, 2.24) is 4.90 Å². The lowest BCUT2D eigenvalue weighted by Gasteiger charge is -2.34. The lowest BCUT2D eigenvalue weighted by molar-refractivity contribution is 0.0292. The van der Waals surface area contributed by atoms with Crippen LogP contribution in [0.3, 0.4) is 0 Å². The summed E-state index contributed by atoms with van der Waals surface area (Å²) < 4.78 is 0. The summed E-state index contributed by atoms with van der Waals surface area (Å²) in [6.45, 7) is 0.972. The van der Waals surface area contributed by atoms with Crippen molar-refractivity contribution in [3.05, 3.63) is 22.4 Å². The summed E-state index contributed by atoms with van der Waals surface area (Å²) in [7, 11) is 2.12. The van der Waals surface area contributed by atoms with E-state index in [2.05, 4.69) is 29.5 Å². The molecule has 1 aromatic rings. The van der Waals surface area contributed by atoms with Gasteiger partial charge in [0.05, 0.1) is 6.10 Å². The van der Waals surface area contributed by atoms with Gasteiger partial charge in [-0.2, -0.15) is 0 Å². The first kappa shape index (κ1) is 11.1. The molecule has 0 aliphatic heterocycles. The van der Waals surface area contributed by atoms with Crippen LogP contribution in [-0.2, 0) is 6.54 Å². The van der Waals surface area contributed by atoms with Gasteiger partial charge in [-0.25, -0.2) is 0 Å². The Labute approximate surface area is 95.5 Å². The number of rotatable bonds is 3. The fourth-order valence-electron chi connectivity index (χ4n) is 2.37. The third kappa shape index (κ3) is 2.80. The van der Waals surface area contributed by atoms with E-state index in [1.165, 1.54) is 17.7 Å². The van der Waals surface area contributed by atoms with Gasteiger partial charge in [-0.3, -0.25) is 4.90 Å². The van der Waals surface area contributed by atoms with Crippen LogP contribution in [0.2, 0.25) is 0 Å². The monoisotopic (exact) mass is 225 g/mol. The molecule has 84 valence electrons. The highest BCUT2D eigenvalue weighted by Crippen LogP contribution is 2.24. The molecule has 1 N–H and O–H groups in total. The highest BCUT2D eigenvalue weighted by Gasteiger charge is 2.26. The molecular formula is C12H19NOS. The van der Waals surface area contributed by atoms with E-state index < -0.39 is 0 Å². The van der Waals surface area contributed by atoms with E-state index in [1.54, 1.807) is 11.3 Å². The maximum absolute atomic E-state index is 9.93. The number of hydrogen-bond donors (Lipinski definition) is 1. The second-order valence-electron chi connectivity index (χ2n) is 4.41. The predicted octanol–water partition coefficient (Wildman–Crippen LogP) is 2.48. The molecular weight excluding hydrogens is 206 g/mol. The second kappa shape index (κ2) is 5.10. The standard InChI is InChI=1S/C12H19NOS/c1-13(9-10-5-4-8-15-10)11-6-2-3-7-12(11)14/h4-5,8,11-12,14H,2-3,6-7,9H2,1H3/t11-,12-/m0/s1. The van der Waals surface area contributed by atoms with Crippen molar-refractivity contribution >= 4 is 11.3 Å². The molecule has 0 bridgehead atoms. The summed E-state index contributed by atoms with van der Waals surface area (Å²) in [5.41, 5.74) is 0. The van der Waals surface area contributed by atoms with Gasteiger partial charge in [0, 0.05) is 17.5 Å². The SMILES string of the molecule is CN(Cc1cccs1)[C@H]1CCCC[C@@H]1O.